The number of benzene rings is 6. The Kier molecular flexibility index (Phi) is 7.19. The highest BCUT2D eigenvalue weighted by atomic mass is 28.3. The average Bonchev–Trinajstić information content (AvgIpc) is 3.48. The lowest BCUT2D eigenvalue weighted by Crippen LogP contribution is -2.74. The van der Waals surface area contributed by atoms with Crippen LogP contribution in [-0.2, 0) is 0 Å². The van der Waals surface area contributed by atoms with E-state index in [-0.39, 0.29) is 0 Å². The van der Waals surface area contributed by atoms with Crippen LogP contribution in [0.1, 0.15) is 0 Å². The summed E-state index contributed by atoms with van der Waals surface area (Å²) in [4.78, 5) is 17.2. The predicted molar refractivity (Wildman–Crippen MR) is 198 cm³/mol. The fraction of sp³-hybridized carbons (Fsp3) is 0.0488. The molecule has 2 heterocycles. The zero-order valence-corrected chi connectivity index (χ0v) is 27.3. The van der Waals surface area contributed by atoms with Gasteiger partial charge in [-0.15, -0.1) is 0 Å². The van der Waals surface area contributed by atoms with E-state index in [1.807, 2.05) is 19.0 Å². The van der Waals surface area contributed by atoms with Crippen LogP contribution in [0.15, 0.2) is 164 Å². The number of rotatable bonds is 7. The summed E-state index contributed by atoms with van der Waals surface area (Å²) >= 11 is 0. The van der Waals surface area contributed by atoms with Crippen LogP contribution >= 0.6 is 0 Å². The number of para-hydroxylation sites is 2. The van der Waals surface area contributed by atoms with Crippen LogP contribution in [0.2, 0.25) is 0 Å². The number of hydrogen-bond donors (Lipinski definition) is 0. The first-order valence-corrected chi connectivity index (χ1v) is 17.8. The van der Waals surface area contributed by atoms with Crippen molar-refractivity contribution in [1.82, 2.24) is 19.5 Å². The van der Waals surface area contributed by atoms with E-state index in [1.54, 1.807) is 0 Å². The fourth-order valence-electron chi connectivity index (χ4n) is 6.88. The van der Waals surface area contributed by atoms with Crippen molar-refractivity contribution in [3.63, 3.8) is 0 Å². The number of fused-ring (bicyclic) bond motifs is 3. The largest absolute Gasteiger partial charge is 0.347 e. The maximum atomic E-state index is 5.20. The fourth-order valence-corrected chi connectivity index (χ4v) is 11.7. The quantitative estimate of drug-likeness (QED) is 0.160. The molecule has 0 amide bonds. The lowest BCUT2D eigenvalue weighted by atomic mass is 10.2. The van der Waals surface area contributed by atoms with Gasteiger partial charge in [-0.1, -0.05) is 152 Å². The van der Waals surface area contributed by atoms with Crippen molar-refractivity contribution in [3.05, 3.63) is 164 Å². The maximum Gasteiger partial charge on any atom is 0.240 e. The van der Waals surface area contributed by atoms with Crippen LogP contribution in [-0.4, -0.2) is 41.7 Å². The van der Waals surface area contributed by atoms with Crippen LogP contribution < -0.4 is 25.6 Å². The number of hydrogen-bond acceptors (Lipinski definition) is 4. The summed E-state index contributed by atoms with van der Waals surface area (Å²) in [5, 5.41) is 7.58. The third kappa shape index (κ3) is 4.82. The van der Waals surface area contributed by atoms with E-state index in [9.17, 15) is 0 Å². The molecule has 226 valence electrons. The molecule has 0 aliphatic rings. The molecule has 6 heteroatoms. The predicted octanol–water partition coefficient (Wildman–Crippen LogP) is 6.08. The molecule has 0 unspecified atom stereocenters. The van der Waals surface area contributed by atoms with Crippen molar-refractivity contribution >= 4 is 56.6 Å². The summed E-state index contributed by atoms with van der Waals surface area (Å²) in [5.74, 6) is 1.84. The van der Waals surface area contributed by atoms with Gasteiger partial charge in [-0.25, -0.2) is 0 Å². The van der Waals surface area contributed by atoms with E-state index in [1.165, 1.54) is 31.5 Å². The Balaban J connectivity index is 1.39. The smallest absolute Gasteiger partial charge is 0.240 e. The Labute approximate surface area is 275 Å². The minimum Gasteiger partial charge on any atom is -0.347 e. The van der Waals surface area contributed by atoms with Gasteiger partial charge in [-0.05, 0) is 32.9 Å². The summed E-state index contributed by atoms with van der Waals surface area (Å²) < 4.78 is 2.16. The van der Waals surface area contributed by atoms with E-state index in [4.69, 9.17) is 15.0 Å². The molecule has 6 aromatic carbocycles. The zero-order chi connectivity index (χ0) is 31.8. The first kappa shape index (κ1) is 28.6. The van der Waals surface area contributed by atoms with E-state index in [0.717, 1.165) is 16.6 Å². The van der Waals surface area contributed by atoms with Crippen molar-refractivity contribution in [2.45, 2.75) is 0 Å². The molecule has 0 aliphatic heterocycles. The molecule has 0 N–H and O–H groups in total. The Bertz CT molecular complexity index is 2180. The first-order valence-electron chi connectivity index (χ1n) is 15.8. The summed E-state index contributed by atoms with van der Waals surface area (Å²) in [6, 6.07) is 58.7. The zero-order valence-electron chi connectivity index (χ0n) is 26.3. The molecule has 0 atom stereocenters. The second-order valence-electron chi connectivity index (χ2n) is 12.0. The molecule has 0 saturated heterocycles. The van der Waals surface area contributed by atoms with Crippen LogP contribution in [0.5, 0.6) is 0 Å². The van der Waals surface area contributed by atoms with Gasteiger partial charge in [0.05, 0.1) is 11.0 Å². The number of anilines is 1. The molecule has 0 aliphatic carbocycles. The van der Waals surface area contributed by atoms with Gasteiger partial charge in [0.2, 0.25) is 11.9 Å². The molecule has 0 spiro atoms. The SMILES string of the molecule is CN(C)c1nc(-c2cccc([Si](c3ccccc3)(c3ccccc3)c3ccccc3)c2)nc(-n2c3ccccc3c3ccccc32)n1. The Hall–Kier alpha value is -5.85. The highest BCUT2D eigenvalue weighted by molar-refractivity contribution is 7.19. The summed E-state index contributed by atoms with van der Waals surface area (Å²) in [6.45, 7) is 0. The second-order valence-corrected chi connectivity index (χ2v) is 15.8. The molecular formula is C41H33N5Si. The van der Waals surface area contributed by atoms with Gasteiger partial charge in [0.15, 0.2) is 13.9 Å². The Morgan fingerprint density at radius 2 is 0.936 bits per heavy atom. The second kappa shape index (κ2) is 11.8. The van der Waals surface area contributed by atoms with E-state index in [0.29, 0.717) is 17.7 Å². The molecule has 8 rings (SSSR count). The van der Waals surface area contributed by atoms with Crippen molar-refractivity contribution in [2.75, 3.05) is 19.0 Å². The molecule has 8 aromatic rings. The van der Waals surface area contributed by atoms with Gasteiger partial charge >= 0.3 is 0 Å². The minimum absolute atomic E-state index is 0.596. The highest BCUT2D eigenvalue weighted by Crippen LogP contribution is 2.31. The van der Waals surface area contributed by atoms with Crippen molar-refractivity contribution in [1.29, 1.82) is 0 Å². The molecule has 47 heavy (non-hydrogen) atoms. The van der Waals surface area contributed by atoms with Crippen LogP contribution in [0.25, 0.3) is 39.1 Å². The number of nitrogens with zero attached hydrogens (tertiary/aromatic N) is 5. The first-order chi connectivity index (χ1) is 23.1. The van der Waals surface area contributed by atoms with Crippen molar-refractivity contribution in [2.24, 2.45) is 0 Å². The van der Waals surface area contributed by atoms with E-state index in [2.05, 4.69) is 168 Å². The van der Waals surface area contributed by atoms with Crippen LogP contribution in [0.4, 0.5) is 5.95 Å². The molecular weight excluding hydrogens is 591 g/mol. The van der Waals surface area contributed by atoms with Gasteiger partial charge in [0.25, 0.3) is 0 Å². The highest BCUT2D eigenvalue weighted by Gasteiger charge is 2.41. The van der Waals surface area contributed by atoms with Crippen LogP contribution in [0.3, 0.4) is 0 Å². The van der Waals surface area contributed by atoms with Gasteiger partial charge in [-0.2, -0.15) is 15.0 Å². The summed E-state index contributed by atoms with van der Waals surface area (Å²) in [5.41, 5.74) is 3.08. The monoisotopic (exact) mass is 623 g/mol. The third-order valence-corrected chi connectivity index (χ3v) is 13.7. The maximum absolute atomic E-state index is 5.20. The molecule has 5 nitrogen and oxygen atoms in total. The molecule has 0 bridgehead atoms. The molecule has 0 radical (unpaired) electrons. The van der Waals surface area contributed by atoms with Gasteiger partial charge in [0.1, 0.15) is 0 Å². The standard InChI is InChI=1S/C41H33N5Si/c1-45(2)40-42-39(43-41(44-40)46-37-27-14-12-25-35(37)36-26-13-15-28-38(36)46)30-17-16-24-34(29-30)47(31-18-6-3-7-19-31,32-20-8-4-9-21-32)33-22-10-5-11-23-33/h3-29H,1-2H3. The number of aromatic nitrogens is 4. The topological polar surface area (TPSA) is 46.8 Å². The van der Waals surface area contributed by atoms with Crippen molar-refractivity contribution in [3.8, 4) is 17.3 Å². The van der Waals surface area contributed by atoms with Crippen LogP contribution in [0, 0.1) is 0 Å². The lowest BCUT2D eigenvalue weighted by molar-refractivity contribution is 0.907. The molecule has 0 fully saturated rings. The summed E-state index contributed by atoms with van der Waals surface area (Å²) in [7, 11) is 1.23. The lowest BCUT2D eigenvalue weighted by Gasteiger charge is -2.34. The Morgan fingerprint density at radius 3 is 1.45 bits per heavy atom. The van der Waals surface area contributed by atoms with E-state index >= 15 is 0 Å². The normalized spacial score (nSPS) is 11.6. The summed E-state index contributed by atoms with van der Waals surface area (Å²) in [6.07, 6.45) is 0. The molecule has 0 saturated carbocycles. The van der Waals surface area contributed by atoms with Gasteiger partial charge < -0.3 is 4.90 Å². The van der Waals surface area contributed by atoms with Gasteiger partial charge in [-0.3, -0.25) is 4.57 Å². The molecule has 2 aromatic heterocycles. The van der Waals surface area contributed by atoms with Gasteiger partial charge in [0, 0.05) is 30.4 Å². The van der Waals surface area contributed by atoms with E-state index < -0.39 is 8.07 Å². The van der Waals surface area contributed by atoms with Crippen molar-refractivity contribution < 1.29 is 0 Å². The minimum atomic E-state index is -2.73. The third-order valence-electron chi connectivity index (χ3n) is 8.97. The average molecular weight is 624 g/mol. The Morgan fingerprint density at radius 1 is 0.468 bits per heavy atom.